The zero-order valence-corrected chi connectivity index (χ0v) is 15.2. The van der Waals surface area contributed by atoms with Crippen LogP contribution in [0.25, 0.3) is 11.5 Å². The van der Waals surface area contributed by atoms with Gasteiger partial charge in [-0.05, 0) is 30.7 Å². The molecular formula is C19H25FN4O2. The van der Waals surface area contributed by atoms with Crippen molar-refractivity contribution in [2.45, 2.75) is 12.8 Å². The molecule has 6 nitrogen and oxygen atoms in total. The maximum absolute atomic E-state index is 13.0. The van der Waals surface area contributed by atoms with Gasteiger partial charge in [-0.25, -0.2) is 9.37 Å². The molecule has 1 fully saturated rings. The smallest absolute Gasteiger partial charge is 0.226 e. The molecule has 0 saturated carbocycles. The topological polar surface area (TPSA) is 62.9 Å². The van der Waals surface area contributed by atoms with E-state index in [9.17, 15) is 4.39 Å². The minimum absolute atomic E-state index is 0.274. The zero-order valence-electron chi connectivity index (χ0n) is 15.2. The summed E-state index contributed by atoms with van der Waals surface area (Å²) in [6.07, 6.45) is 3.46. The highest BCUT2D eigenvalue weighted by atomic mass is 19.1. The van der Waals surface area contributed by atoms with E-state index in [-0.39, 0.29) is 5.82 Å². The van der Waals surface area contributed by atoms with E-state index in [1.807, 2.05) is 7.05 Å². The summed E-state index contributed by atoms with van der Waals surface area (Å²) in [5.74, 6) is 1.65. The van der Waals surface area contributed by atoms with Gasteiger partial charge in [0.15, 0.2) is 5.96 Å². The van der Waals surface area contributed by atoms with E-state index in [1.165, 1.54) is 12.1 Å². The first-order valence-electron chi connectivity index (χ1n) is 8.85. The van der Waals surface area contributed by atoms with Crippen molar-refractivity contribution in [1.29, 1.82) is 0 Å². The van der Waals surface area contributed by atoms with Gasteiger partial charge in [0.05, 0.1) is 12.3 Å². The molecule has 1 aromatic carbocycles. The number of guanidine groups is 1. The first-order valence-corrected chi connectivity index (χ1v) is 8.85. The van der Waals surface area contributed by atoms with Crippen LogP contribution in [0.4, 0.5) is 4.39 Å². The minimum Gasteiger partial charge on any atom is -0.444 e. The van der Waals surface area contributed by atoms with E-state index in [1.54, 1.807) is 25.4 Å². The minimum atomic E-state index is -0.274. The Balaban J connectivity index is 1.48. The number of nitrogens with zero attached hydrogens (tertiary/aromatic N) is 3. The molecule has 0 radical (unpaired) electrons. The second-order valence-electron chi connectivity index (χ2n) is 6.49. The summed E-state index contributed by atoms with van der Waals surface area (Å²) in [6, 6.07) is 6.12. The molecule has 7 heteroatoms. The highest BCUT2D eigenvalue weighted by Crippen LogP contribution is 2.19. The second-order valence-corrected chi connectivity index (χ2v) is 6.49. The van der Waals surface area contributed by atoms with Crippen molar-refractivity contribution in [3.8, 4) is 11.5 Å². The number of aromatic nitrogens is 1. The van der Waals surface area contributed by atoms with Crippen molar-refractivity contribution in [3.63, 3.8) is 0 Å². The van der Waals surface area contributed by atoms with E-state index in [4.69, 9.17) is 9.15 Å². The number of benzene rings is 1. The summed E-state index contributed by atoms with van der Waals surface area (Å²) >= 11 is 0. The van der Waals surface area contributed by atoms with Crippen LogP contribution in [-0.2, 0) is 11.2 Å². The lowest BCUT2D eigenvalue weighted by Crippen LogP contribution is -2.42. The predicted octanol–water partition coefficient (Wildman–Crippen LogP) is 2.57. The summed E-state index contributed by atoms with van der Waals surface area (Å²) in [4.78, 5) is 10.9. The molecule has 2 heterocycles. The van der Waals surface area contributed by atoms with Gasteiger partial charge in [0.2, 0.25) is 5.89 Å². The van der Waals surface area contributed by atoms with Crippen LogP contribution in [0.2, 0.25) is 0 Å². The van der Waals surface area contributed by atoms with Crippen molar-refractivity contribution >= 4 is 5.96 Å². The monoisotopic (exact) mass is 360 g/mol. The lowest BCUT2D eigenvalue weighted by Gasteiger charge is -2.24. The Labute approximate surface area is 153 Å². The summed E-state index contributed by atoms with van der Waals surface area (Å²) in [6.45, 7) is 3.31. The van der Waals surface area contributed by atoms with Gasteiger partial charge in [-0.2, -0.15) is 0 Å². The molecule has 1 unspecified atom stereocenters. The van der Waals surface area contributed by atoms with Gasteiger partial charge in [-0.1, -0.05) is 0 Å². The quantitative estimate of drug-likeness (QED) is 0.634. The van der Waals surface area contributed by atoms with Crippen molar-refractivity contribution < 1.29 is 13.5 Å². The number of aliphatic imine (C=N–C) groups is 1. The predicted molar refractivity (Wildman–Crippen MR) is 98.5 cm³/mol. The van der Waals surface area contributed by atoms with Crippen LogP contribution >= 0.6 is 0 Å². The third-order valence-corrected chi connectivity index (χ3v) is 4.44. The van der Waals surface area contributed by atoms with Crippen LogP contribution in [0.1, 0.15) is 12.1 Å². The highest BCUT2D eigenvalue weighted by molar-refractivity contribution is 5.79. The van der Waals surface area contributed by atoms with Crippen LogP contribution in [0.5, 0.6) is 0 Å². The molecular weight excluding hydrogens is 335 g/mol. The Hall–Kier alpha value is -2.41. The standard InChI is InChI=1S/C19H25FN4O2/c1-21-19(24(2)11-14-8-10-25-12-14)22-9-7-17-13-26-18(23-17)15-3-5-16(20)6-4-15/h3-6,13-14H,7-12H2,1-2H3,(H,21,22). The molecule has 1 aliphatic rings. The summed E-state index contributed by atoms with van der Waals surface area (Å²) in [5, 5.41) is 3.35. The molecule has 0 bridgehead atoms. The lowest BCUT2D eigenvalue weighted by molar-refractivity contribution is 0.181. The fourth-order valence-electron chi connectivity index (χ4n) is 3.04. The van der Waals surface area contributed by atoms with Crippen LogP contribution in [0.3, 0.4) is 0 Å². The molecule has 26 heavy (non-hydrogen) atoms. The van der Waals surface area contributed by atoms with Gasteiger partial charge in [0.1, 0.15) is 12.1 Å². The molecule has 1 aliphatic heterocycles. The number of halogens is 1. The lowest BCUT2D eigenvalue weighted by atomic mass is 10.1. The largest absolute Gasteiger partial charge is 0.444 e. The van der Waals surface area contributed by atoms with Gasteiger partial charge >= 0.3 is 0 Å². The Morgan fingerprint density at radius 2 is 2.19 bits per heavy atom. The van der Waals surface area contributed by atoms with E-state index in [0.717, 1.165) is 43.4 Å². The number of rotatable bonds is 6. The van der Waals surface area contributed by atoms with Gasteiger partial charge in [0.25, 0.3) is 0 Å². The summed E-state index contributed by atoms with van der Waals surface area (Å²) < 4.78 is 23.9. The van der Waals surface area contributed by atoms with Crippen molar-refractivity contribution in [2.75, 3.05) is 40.4 Å². The molecule has 1 N–H and O–H groups in total. The Kier molecular flexibility index (Phi) is 6.22. The summed E-state index contributed by atoms with van der Waals surface area (Å²) in [7, 11) is 3.82. The first-order chi connectivity index (χ1) is 12.7. The van der Waals surface area contributed by atoms with Gasteiger partial charge in [-0.3, -0.25) is 4.99 Å². The second kappa shape index (κ2) is 8.80. The van der Waals surface area contributed by atoms with Gasteiger partial charge < -0.3 is 19.4 Å². The van der Waals surface area contributed by atoms with Crippen molar-refractivity contribution in [2.24, 2.45) is 10.9 Å². The normalized spacial score (nSPS) is 17.5. The van der Waals surface area contributed by atoms with E-state index < -0.39 is 0 Å². The van der Waals surface area contributed by atoms with Crippen LogP contribution in [0, 0.1) is 11.7 Å². The Bertz CT molecular complexity index is 723. The maximum Gasteiger partial charge on any atom is 0.226 e. The van der Waals surface area contributed by atoms with Crippen LogP contribution in [0.15, 0.2) is 39.9 Å². The third kappa shape index (κ3) is 4.82. The van der Waals surface area contributed by atoms with E-state index in [0.29, 0.717) is 24.8 Å². The molecule has 2 aromatic rings. The van der Waals surface area contributed by atoms with E-state index >= 15 is 0 Å². The Morgan fingerprint density at radius 1 is 1.38 bits per heavy atom. The molecule has 1 atom stereocenters. The molecule has 1 saturated heterocycles. The number of ether oxygens (including phenoxy) is 1. The molecule has 1 aromatic heterocycles. The maximum atomic E-state index is 13.0. The molecule has 0 spiro atoms. The number of hydrogen-bond acceptors (Lipinski definition) is 4. The number of nitrogens with one attached hydrogen (secondary N) is 1. The fourth-order valence-corrected chi connectivity index (χ4v) is 3.04. The number of oxazole rings is 1. The fraction of sp³-hybridized carbons (Fsp3) is 0.474. The summed E-state index contributed by atoms with van der Waals surface area (Å²) in [5.41, 5.74) is 1.61. The number of hydrogen-bond donors (Lipinski definition) is 1. The first kappa shape index (κ1) is 18.4. The Morgan fingerprint density at radius 3 is 2.88 bits per heavy atom. The van der Waals surface area contributed by atoms with Crippen molar-refractivity contribution in [3.05, 3.63) is 42.0 Å². The van der Waals surface area contributed by atoms with Crippen LogP contribution in [-0.4, -0.2) is 56.2 Å². The SMILES string of the molecule is CN=C(NCCc1coc(-c2ccc(F)cc2)n1)N(C)CC1CCOC1. The molecule has 3 rings (SSSR count). The highest BCUT2D eigenvalue weighted by Gasteiger charge is 2.19. The van der Waals surface area contributed by atoms with Crippen LogP contribution < -0.4 is 5.32 Å². The van der Waals surface area contributed by atoms with Gasteiger partial charge in [0, 0.05) is 51.7 Å². The molecule has 140 valence electrons. The van der Waals surface area contributed by atoms with Crippen molar-refractivity contribution in [1.82, 2.24) is 15.2 Å². The average molecular weight is 360 g/mol. The van der Waals surface area contributed by atoms with Gasteiger partial charge in [-0.15, -0.1) is 0 Å². The average Bonchev–Trinajstić information content (AvgIpc) is 3.31. The van der Waals surface area contributed by atoms with E-state index in [2.05, 4.69) is 20.2 Å². The third-order valence-electron chi connectivity index (χ3n) is 4.44. The molecule has 0 aliphatic carbocycles. The molecule has 0 amide bonds. The zero-order chi connectivity index (χ0) is 18.4.